The fraction of sp³-hybridized carbons (Fsp3) is 0.294. The van der Waals surface area contributed by atoms with Crippen LogP contribution in [0.5, 0.6) is 0 Å². The summed E-state index contributed by atoms with van der Waals surface area (Å²) in [5.41, 5.74) is 4.50. The highest BCUT2D eigenvalue weighted by Gasteiger charge is 2.31. The van der Waals surface area contributed by atoms with Gasteiger partial charge in [0, 0.05) is 5.92 Å². The topological polar surface area (TPSA) is 20.2 Å². The van der Waals surface area contributed by atoms with Crippen molar-refractivity contribution in [2.75, 3.05) is 0 Å². The maximum Gasteiger partial charge on any atom is 0.123 e. The van der Waals surface area contributed by atoms with Crippen LogP contribution in [0.15, 0.2) is 42.5 Å². The van der Waals surface area contributed by atoms with Gasteiger partial charge in [-0.3, -0.25) is 0 Å². The van der Waals surface area contributed by atoms with Gasteiger partial charge in [-0.05, 0) is 54.2 Å². The summed E-state index contributed by atoms with van der Waals surface area (Å²) in [5, 5.41) is 10.4. The van der Waals surface area contributed by atoms with Crippen molar-refractivity contribution < 1.29 is 9.50 Å². The van der Waals surface area contributed by atoms with Gasteiger partial charge in [0.25, 0.3) is 0 Å². The molecule has 2 aromatic carbocycles. The molecule has 1 nitrogen and oxygen atoms in total. The standard InChI is InChI=1S/C17H17FO/c1-11-6-7-14(18)8-13(11)10-17(19)16-9-12-4-2-3-5-15(12)16/h2-8,16-17,19H,9-10H2,1H3. The third-order valence-electron chi connectivity index (χ3n) is 4.10. The molecule has 19 heavy (non-hydrogen) atoms. The van der Waals surface area contributed by atoms with Gasteiger partial charge in [-0.25, -0.2) is 4.39 Å². The summed E-state index contributed by atoms with van der Waals surface area (Å²) >= 11 is 0. The molecule has 98 valence electrons. The average molecular weight is 256 g/mol. The van der Waals surface area contributed by atoms with Crippen molar-refractivity contribution >= 4 is 0 Å². The molecule has 3 rings (SSSR count). The summed E-state index contributed by atoms with van der Waals surface area (Å²) < 4.78 is 13.3. The van der Waals surface area contributed by atoms with E-state index < -0.39 is 6.10 Å². The first-order chi connectivity index (χ1) is 9.15. The van der Waals surface area contributed by atoms with Crippen LogP contribution in [-0.4, -0.2) is 11.2 Å². The molecule has 0 aliphatic heterocycles. The van der Waals surface area contributed by atoms with E-state index in [-0.39, 0.29) is 11.7 Å². The summed E-state index contributed by atoms with van der Waals surface area (Å²) in [4.78, 5) is 0. The highest BCUT2D eigenvalue weighted by Crippen LogP contribution is 2.38. The van der Waals surface area contributed by atoms with E-state index >= 15 is 0 Å². The Morgan fingerprint density at radius 1 is 1.26 bits per heavy atom. The van der Waals surface area contributed by atoms with Crippen molar-refractivity contribution in [1.82, 2.24) is 0 Å². The van der Waals surface area contributed by atoms with Crippen LogP contribution in [0.25, 0.3) is 0 Å². The third-order valence-corrected chi connectivity index (χ3v) is 4.10. The highest BCUT2D eigenvalue weighted by atomic mass is 19.1. The predicted octanol–water partition coefficient (Wildman–Crippen LogP) is 3.38. The van der Waals surface area contributed by atoms with Gasteiger partial charge in [-0.1, -0.05) is 30.3 Å². The van der Waals surface area contributed by atoms with E-state index in [4.69, 9.17) is 0 Å². The maximum atomic E-state index is 13.3. The second kappa shape index (κ2) is 4.78. The quantitative estimate of drug-likeness (QED) is 0.892. The van der Waals surface area contributed by atoms with Gasteiger partial charge in [-0.15, -0.1) is 0 Å². The van der Waals surface area contributed by atoms with Crippen molar-refractivity contribution in [3.05, 3.63) is 70.5 Å². The minimum absolute atomic E-state index is 0.193. The Hall–Kier alpha value is -1.67. The lowest BCUT2D eigenvalue weighted by atomic mass is 9.73. The summed E-state index contributed by atoms with van der Waals surface area (Å²) in [6.45, 7) is 1.95. The summed E-state index contributed by atoms with van der Waals surface area (Å²) in [6, 6.07) is 13.0. The number of halogens is 1. The Bertz CT molecular complexity index is 606. The molecular formula is C17H17FO. The van der Waals surface area contributed by atoms with Gasteiger partial charge in [0.2, 0.25) is 0 Å². The minimum Gasteiger partial charge on any atom is -0.392 e. The van der Waals surface area contributed by atoms with Gasteiger partial charge in [0.15, 0.2) is 0 Å². The highest BCUT2D eigenvalue weighted by molar-refractivity contribution is 5.41. The Morgan fingerprint density at radius 3 is 2.84 bits per heavy atom. The van der Waals surface area contributed by atoms with Crippen LogP contribution >= 0.6 is 0 Å². The Kier molecular flexibility index (Phi) is 3.11. The molecule has 2 heteroatoms. The predicted molar refractivity (Wildman–Crippen MR) is 73.7 cm³/mol. The number of aliphatic hydroxyl groups is 1. The molecular weight excluding hydrogens is 239 g/mol. The van der Waals surface area contributed by atoms with E-state index in [1.807, 2.05) is 19.1 Å². The molecule has 1 aliphatic rings. The summed E-state index contributed by atoms with van der Waals surface area (Å²) in [7, 11) is 0. The number of rotatable bonds is 3. The van der Waals surface area contributed by atoms with Gasteiger partial charge in [-0.2, -0.15) is 0 Å². The Labute approximate surface area is 112 Å². The average Bonchev–Trinajstić information content (AvgIpc) is 2.35. The number of aryl methyl sites for hydroxylation is 1. The second-order valence-electron chi connectivity index (χ2n) is 5.35. The monoisotopic (exact) mass is 256 g/mol. The largest absolute Gasteiger partial charge is 0.392 e. The molecule has 0 saturated carbocycles. The normalized spacial score (nSPS) is 18.6. The zero-order valence-corrected chi connectivity index (χ0v) is 10.9. The molecule has 0 bridgehead atoms. The van der Waals surface area contributed by atoms with Crippen molar-refractivity contribution in [3.8, 4) is 0 Å². The van der Waals surface area contributed by atoms with Crippen molar-refractivity contribution in [1.29, 1.82) is 0 Å². The van der Waals surface area contributed by atoms with Crippen LogP contribution in [-0.2, 0) is 12.8 Å². The molecule has 2 unspecified atom stereocenters. The molecule has 0 radical (unpaired) electrons. The van der Waals surface area contributed by atoms with Gasteiger partial charge < -0.3 is 5.11 Å². The van der Waals surface area contributed by atoms with E-state index in [9.17, 15) is 9.50 Å². The van der Waals surface area contributed by atoms with Crippen molar-refractivity contribution in [2.24, 2.45) is 0 Å². The fourth-order valence-corrected chi connectivity index (χ4v) is 2.87. The molecule has 0 saturated heterocycles. The number of fused-ring (bicyclic) bond motifs is 1. The molecule has 1 aliphatic carbocycles. The molecule has 2 aromatic rings. The first-order valence-corrected chi connectivity index (χ1v) is 6.66. The Morgan fingerprint density at radius 2 is 2.05 bits per heavy atom. The number of aliphatic hydroxyl groups excluding tert-OH is 1. The van der Waals surface area contributed by atoms with E-state index in [1.54, 1.807) is 6.07 Å². The lowest BCUT2D eigenvalue weighted by Gasteiger charge is -2.34. The van der Waals surface area contributed by atoms with Crippen LogP contribution in [0.4, 0.5) is 4.39 Å². The van der Waals surface area contributed by atoms with Crippen molar-refractivity contribution in [3.63, 3.8) is 0 Å². The second-order valence-corrected chi connectivity index (χ2v) is 5.35. The lowest BCUT2D eigenvalue weighted by Crippen LogP contribution is -2.30. The summed E-state index contributed by atoms with van der Waals surface area (Å²) in [5.74, 6) is -0.0410. The first-order valence-electron chi connectivity index (χ1n) is 6.66. The molecule has 0 heterocycles. The fourth-order valence-electron chi connectivity index (χ4n) is 2.87. The number of hydrogen-bond donors (Lipinski definition) is 1. The van der Waals surface area contributed by atoms with Gasteiger partial charge in [0.1, 0.15) is 5.82 Å². The third kappa shape index (κ3) is 2.28. The number of hydrogen-bond acceptors (Lipinski definition) is 1. The Balaban J connectivity index is 1.76. The molecule has 0 spiro atoms. The molecule has 0 amide bonds. The molecule has 1 N–H and O–H groups in total. The number of benzene rings is 2. The van der Waals surface area contributed by atoms with Crippen LogP contribution in [0.2, 0.25) is 0 Å². The summed E-state index contributed by atoms with van der Waals surface area (Å²) in [6.07, 6.45) is 1.00. The van der Waals surface area contributed by atoms with E-state index in [1.165, 1.54) is 23.3 Å². The zero-order valence-electron chi connectivity index (χ0n) is 10.9. The van der Waals surface area contributed by atoms with Crippen LogP contribution in [0.1, 0.15) is 28.2 Å². The molecule has 0 aromatic heterocycles. The minimum atomic E-state index is -0.435. The van der Waals surface area contributed by atoms with Gasteiger partial charge in [0.05, 0.1) is 6.10 Å². The maximum absolute atomic E-state index is 13.3. The SMILES string of the molecule is Cc1ccc(F)cc1CC(O)C1Cc2ccccc21. The smallest absolute Gasteiger partial charge is 0.123 e. The van der Waals surface area contributed by atoms with E-state index in [2.05, 4.69) is 12.1 Å². The van der Waals surface area contributed by atoms with Crippen LogP contribution in [0, 0.1) is 12.7 Å². The van der Waals surface area contributed by atoms with Crippen LogP contribution < -0.4 is 0 Å². The zero-order chi connectivity index (χ0) is 13.4. The first kappa shape index (κ1) is 12.4. The van der Waals surface area contributed by atoms with Crippen molar-refractivity contribution in [2.45, 2.75) is 31.8 Å². The molecule has 2 atom stereocenters. The van der Waals surface area contributed by atoms with Gasteiger partial charge >= 0.3 is 0 Å². The lowest BCUT2D eigenvalue weighted by molar-refractivity contribution is 0.133. The van der Waals surface area contributed by atoms with E-state index in [0.29, 0.717) is 6.42 Å². The van der Waals surface area contributed by atoms with E-state index in [0.717, 1.165) is 17.5 Å². The van der Waals surface area contributed by atoms with Crippen LogP contribution in [0.3, 0.4) is 0 Å². The molecule has 0 fully saturated rings.